The predicted molar refractivity (Wildman–Crippen MR) is 93.9 cm³/mol. The molecule has 1 fully saturated rings. The van der Waals surface area contributed by atoms with Gasteiger partial charge in [0.1, 0.15) is 0 Å². The summed E-state index contributed by atoms with van der Waals surface area (Å²) in [5.41, 5.74) is 0.553. The standard InChI is InChI=1S/C15H20Cl2N2O4S/c1-18(9-15(20)21)14-2-4-19(5-3-14)24(22,23)10-11-6-12(16)8-13(17)7-11/h6-8,14H,2-5,9-10H2,1H3,(H,20,21). The Hall–Kier alpha value is -0.860. The first kappa shape index (κ1) is 19.5. The van der Waals surface area contributed by atoms with Crippen molar-refractivity contribution in [2.45, 2.75) is 24.6 Å². The summed E-state index contributed by atoms with van der Waals surface area (Å²) in [6, 6.07) is 4.83. The fourth-order valence-electron chi connectivity index (χ4n) is 2.90. The van der Waals surface area contributed by atoms with Crippen molar-refractivity contribution in [3.8, 4) is 0 Å². The Labute approximate surface area is 152 Å². The van der Waals surface area contributed by atoms with Crippen LogP contribution in [0.5, 0.6) is 0 Å². The van der Waals surface area contributed by atoms with Crippen molar-refractivity contribution in [1.82, 2.24) is 9.21 Å². The van der Waals surface area contributed by atoms with E-state index in [1.165, 1.54) is 4.31 Å². The third kappa shape index (κ3) is 5.32. The van der Waals surface area contributed by atoms with Gasteiger partial charge in [0.2, 0.25) is 10.0 Å². The first-order valence-corrected chi connectivity index (χ1v) is 9.89. The van der Waals surface area contributed by atoms with Crippen molar-refractivity contribution in [2.24, 2.45) is 0 Å². The van der Waals surface area contributed by atoms with Gasteiger partial charge in [-0.1, -0.05) is 23.2 Å². The van der Waals surface area contributed by atoms with E-state index in [4.69, 9.17) is 28.3 Å². The van der Waals surface area contributed by atoms with Crippen LogP contribution >= 0.6 is 23.2 Å². The van der Waals surface area contributed by atoms with E-state index in [0.717, 1.165) is 0 Å². The SMILES string of the molecule is CN(CC(=O)O)C1CCN(S(=O)(=O)Cc2cc(Cl)cc(Cl)c2)CC1. The Morgan fingerprint density at radius 2 is 1.79 bits per heavy atom. The monoisotopic (exact) mass is 394 g/mol. The third-order valence-electron chi connectivity index (χ3n) is 4.10. The van der Waals surface area contributed by atoms with Crippen LogP contribution in [0, 0.1) is 0 Å². The Kier molecular flexibility index (Phi) is 6.50. The Morgan fingerprint density at radius 3 is 2.29 bits per heavy atom. The number of sulfonamides is 1. The average Bonchev–Trinajstić information content (AvgIpc) is 2.45. The molecular weight excluding hydrogens is 375 g/mol. The normalized spacial score (nSPS) is 17.3. The predicted octanol–water partition coefficient (Wildman–Crippen LogP) is 2.30. The Morgan fingerprint density at radius 1 is 1.25 bits per heavy atom. The highest BCUT2D eigenvalue weighted by atomic mass is 35.5. The highest BCUT2D eigenvalue weighted by Gasteiger charge is 2.30. The van der Waals surface area contributed by atoms with E-state index in [0.29, 0.717) is 41.5 Å². The number of halogens is 2. The highest BCUT2D eigenvalue weighted by molar-refractivity contribution is 7.88. The lowest BCUT2D eigenvalue weighted by Crippen LogP contribution is -2.46. The summed E-state index contributed by atoms with van der Waals surface area (Å²) >= 11 is 11.8. The van der Waals surface area contributed by atoms with E-state index in [9.17, 15) is 13.2 Å². The molecule has 134 valence electrons. The van der Waals surface area contributed by atoms with Crippen LogP contribution in [0.15, 0.2) is 18.2 Å². The van der Waals surface area contributed by atoms with Crippen LogP contribution in [0.25, 0.3) is 0 Å². The molecule has 2 rings (SSSR count). The molecule has 0 aromatic heterocycles. The zero-order valence-corrected chi connectivity index (χ0v) is 15.6. The summed E-state index contributed by atoms with van der Waals surface area (Å²) in [4.78, 5) is 12.5. The minimum absolute atomic E-state index is 0.0432. The second-order valence-electron chi connectivity index (χ2n) is 5.97. The van der Waals surface area contributed by atoms with Crippen LogP contribution in [-0.2, 0) is 20.6 Å². The molecule has 6 nitrogen and oxygen atoms in total. The minimum atomic E-state index is -3.46. The van der Waals surface area contributed by atoms with Crippen LogP contribution in [0.2, 0.25) is 10.0 Å². The summed E-state index contributed by atoms with van der Waals surface area (Å²) in [6.45, 7) is 0.717. The fraction of sp³-hybridized carbons (Fsp3) is 0.533. The van der Waals surface area contributed by atoms with Gasteiger partial charge in [-0.3, -0.25) is 9.69 Å². The second kappa shape index (κ2) is 8.01. The van der Waals surface area contributed by atoms with Crippen molar-refractivity contribution in [3.63, 3.8) is 0 Å². The quantitative estimate of drug-likeness (QED) is 0.800. The van der Waals surface area contributed by atoms with Crippen LogP contribution in [-0.4, -0.2) is 61.4 Å². The van der Waals surface area contributed by atoms with E-state index >= 15 is 0 Å². The van der Waals surface area contributed by atoms with Gasteiger partial charge in [-0.25, -0.2) is 12.7 Å². The number of piperidine rings is 1. The number of likely N-dealkylation sites (N-methyl/N-ethyl adjacent to an activating group) is 1. The molecule has 1 heterocycles. The van der Waals surface area contributed by atoms with Gasteiger partial charge in [0, 0.05) is 29.2 Å². The van der Waals surface area contributed by atoms with Crippen LogP contribution in [0.3, 0.4) is 0 Å². The molecule has 1 aliphatic heterocycles. The summed E-state index contributed by atoms with van der Waals surface area (Å²) in [5.74, 6) is -1.03. The number of carboxylic acid groups (broad SMARTS) is 1. The molecule has 0 bridgehead atoms. The summed E-state index contributed by atoms with van der Waals surface area (Å²) in [6.07, 6.45) is 1.22. The van der Waals surface area contributed by atoms with Gasteiger partial charge in [-0.2, -0.15) is 0 Å². The zero-order valence-electron chi connectivity index (χ0n) is 13.3. The van der Waals surface area contributed by atoms with E-state index < -0.39 is 16.0 Å². The first-order chi connectivity index (χ1) is 11.2. The molecule has 0 atom stereocenters. The van der Waals surface area contributed by atoms with E-state index in [1.54, 1.807) is 30.1 Å². The Balaban J connectivity index is 1.98. The van der Waals surface area contributed by atoms with Crippen LogP contribution in [0.1, 0.15) is 18.4 Å². The number of nitrogens with zero attached hydrogens (tertiary/aromatic N) is 2. The maximum atomic E-state index is 12.6. The lowest BCUT2D eigenvalue weighted by atomic mass is 10.1. The molecular formula is C15H20Cl2N2O4S. The first-order valence-electron chi connectivity index (χ1n) is 7.52. The topological polar surface area (TPSA) is 77.9 Å². The smallest absolute Gasteiger partial charge is 0.317 e. The number of carboxylic acids is 1. The van der Waals surface area contributed by atoms with Gasteiger partial charge < -0.3 is 5.11 Å². The third-order valence-corrected chi connectivity index (χ3v) is 6.38. The van der Waals surface area contributed by atoms with Gasteiger partial charge in [-0.15, -0.1) is 0 Å². The molecule has 1 aromatic carbocycles. The molecule has 0 spiro atoms. The number of benzene rings is 1. The van der Waals surface area contributed by atoms with Gasteiger partial charge in [-0.05, 0) is 43.7 Å². The van der Waals surface area contributed by atoms with Gasteiger partial charge >= 0.3 is 5.97 Å². The number of hydrogen-bond donors (Lipinski definition) is 1. The number of hydrogen-bond acceptors (Lipinski definition) is 4. The van der Waals surface area contributed by atoms with Crippen molar-refractivity contribution >= 4 is 39.2 Å². The number of aliphatic carboxylic acids is 1. The van der Waals surface area contributed by atoms with E-state index in [-0.39, 0.29) is 18.3 Å². The van der Waals surface area contributed by atoms with Crippen molar-refractivity contribution in [3.05, 3.63) is 33.8 Å². The molecule has 9 heteroatoms. The number of rotatable bonds is 6. The Bertz CT molecular complexity index is 683. The molecule has 0 amide bonds. The lowest BCUT2D eigenvalue weighted by molar-refractivity contribution is -0.138. The molecule has 0 aliphatic carbocycles. The zero-order chi connectivity index (χ0) is 17.9. The van der Waals surface area contributed by atoms with Gasteiger partial charge in [0.05, 0.1) is 12.3 Å². The van der Waals surface area contributed by atoms with Crippen LogP contribution in [0.4, 0.5) is 0 Å². The molecule has 24 heavy (non-hydrogen) atoms. The van der Waals surface area contributed by atoms with Gasteiger partial charge in [0.15, 0.2) is 0 Å². The number of carbonyl (C=O) groups is 1. The molecule has 1 saturated heterocycles. The highest BCUT2D eigenvalue weighted by Crippen LogP contribution is 2.24. The summed E-state index contributed by atoms with van der Waals surface area (Å²) in [5, 5.41) is 9.64. The molecule has 1 aromatic rings. The molecule has 0 unspecified atom stereocenters. The fourth-order valence-corrected chi connectivity index (χ4v) is 5.01. The lowest BCUT2D eigenvalue weighted by Gasteiger charge is -2.35. The van der Waals surface area contributed by atoms with Crippen molar-refractivity contribution in [2.75, 3.05) is 26.7 Å². The average molecular weight is 395 g/mol. The summed E-state index contributed by atoms with van der Waals surface area (Å²) in [7, 11) is -1.71. The second-order valence-corrected chi connectivity index (χ2v) is 8.81. The van der Waals surface area contributed by atoms with E-state index in [2.05, 4.69) is 0 Å². The molecule has 1 N–H and O–H groups in total. The molecule has 1 aliphatic rings. The summed E-state index contributed by atoms with van der Waals surface area (Å²) < 4.78 is 26.6. The largest absolute Gasteiger partial charge is 0.480 e. The molecule has 0 radical (unpaired) electrons. The van der Waals surface area contributed by atoms with Crippen molar-refractivity contribution in [1.29, 1.82) is 0 Å². The molecule has 0 saturated carbocycles. The van der Waals surface area contributed by atoms with Crippen molar-refractivity contribution < 1.29 is 18.3 Å². The maximum Gasteiger partial charge on any atom is 0.317 e. The van der Waals surface area contributed by atoms with Crippen LogP contribution < -0.4 is 0 Å². The minimum Gasteiger partial charge on any atom is -0.480 e. The van der Waals surface area contributed by atoms with E-state index in [1.807, 2.05) is 0 Å². The maximum absolute atomic E-state index is 12.6. The van der Waals surface area contributed by atoms with Gasteiger partial charge in [0.25, 0.3) is 0 Å².